The molecule has 0 aliphatic rings. The predicted octanol–water partition coefficient (Wildman–Crippen LogP) is 2.03. The molecule has 2 aromatic heterocycles. The molecule has 88 valence electrons. The first kappa shape index (κ1) is 11.2. The molecule has 0 aliphatic heterocycles. The SMILES string of the molecule is O=C(O)c1cc(NCCc2ccco2)ccn1. The van der Waals surface area contributed by atoms with E-state index in [-0.39, 0.29) is 5.69 Å². The van der Waals surface area contributed by atoms with Gasteiger partial charge in [0.15, 0.2) is 0 Å². The van der Waals surface area contributed by atoms with E-state index in [4.69, 9.17) is 9.52 Å². The number of aromatic carboxylic acids is 1. The Bertz CT molecular complexity index is 494. The van der Waals surface area contributed by atoms with Crippen molar-refractivity contribution in [2.24, 2.45) is 0 Å². The lowest BCUT2D eigenvalue weighted by Crippen LogP contribution is -2.06. The third kappa shape index (κ3) is 3.07. The fourth-order valence-corrected chi connectivity index (χ4v) is 1.44. The summed E-state index contributed by atoms with van der Waals surface area (Å²) in [5, 5.41) is 11.9. The van der Waals surface area contributed by atoms with Crippen LogP contribution >= 0.6 is 0 Å². The van der Waals surface area contributed by atoms with Crippen LogP contribution in [0.4, 0.5) is 5.69 Å². The fraction of sp³-hybridized carbons (Fsp3) is 0.167. The number of carboxylic acid groups (broad SMARTS) is 1. The number of aromatic nitrogens is 1. The van der Waals surface area contributed by atoms with Crippen molar-refractivity contribution >= 4 is 11.7 Å². The molecule has 5 heteroatoms. The van der Waals surface area contributed by atoms with Crippen molar-refractivity contribution in [2.75, 3.05) is 11.9 Å². The van der Waals surface area contributed by atoms with Gasteiger partial charge >= 0.3 is 5.97 Å². The average molecular weight is 232 g/mol. The molecular weight excluding hydrogens is 220 g/mol. The van der Waals surface area contributed by atoms with Gasteiger partial charge in [-0.15, -0.1) is 0 Å². The highest BCUT2D eigenvalue weighted by molar-refractivity contribution is 5.86. The zero-order chi connectivity index (χ0) is 12.1. The van der Waals surface area contributed by atoms with Gasteiger partial charge in [0.05, 0.1) is 6.26 Å². The van der Waals surface area contributed by atoms with Crippen LogP contribution in [-0.4, -0.2) is 22.6 Å². The normalized spacial score (nSPS) is 10.1. The van der Waals surface area contributed by atoms with E-state index in [1.54, 1.807) is 12.3 Å². The fourth-order valence-electron chi connectivity index (χ4n) is 1.44. The van der Waals surface area contributed by atoms with Crippen LogP contribution in [0.1, 0.15) is 16.2 Å². The van der Waals surface area contributed by atoms with Gasteiger partial charge in [-0.2, -0.15) is 0 Å². The molecule has 0 aromatic carbocycles. The molecule has 2 N–H and O–H groups in total. The Balaban J connectivity index is 1.90. The Morgan fingerprint density at radius 2 is 2.35 bits per heavy atom. The Morgan fingerprint density at radius 3 is 3.06 bits per heavy atom. The topological polar surface area (TPSA) is 75.4 Å². The standard InChI is InChI=1S/C12H12N2O3/c15-12(16)11-8-9(3-5-14-11)13-6-4-10-2-1-7-17-10/h1-3,5,7-8H,4,6H2,(H,13,14)(H,15,16). The zero-order valence-electron chi connectivity index (χ0n) is 9.09. The van der Waals surface area contributed by atoms with E-state index >= 15 is 0 Å². The average Bonchev–Trinajstić information content (AvgIpc) is 2.82. The highest BCUT2D eigenvalue weighted by atomic mass is 16.4. The molecule has 2 rings (SSSR count). The molecule has 0 unspecified atom stereocenters. The van der Waals surface area contributed by atoms with Crippen LogP contribution < -0.4 is 5.32 Å². The highest BCUT2D eigenvalue weighted by Gasteiger charge is 2.04. The largest absolute Gasteiger partial charge is 0.477 e. The van der Waals surface area contributed by atoms with Gasteiger partial charge in [-0.1, -0.05) is 0 Å². The first-order valence-corrected chi connectivity index (χ1v) is 5.21. The minimum absolute atomic E-state index is 0.0352. The summed E-state index contributed by atoms with van der Waals surface area (Å²) in [6.45, 7) is 0.677. The molecule has 0 amide bonds. The minimum atomic E-state index is -1.03. The van der Waals surface area contributed by atoms with Gasteiger partial charge in [0.25, 0.3) is 0 Å². The quantitative estimate of drug-likeness (QED) is 0.824. The molecule has 2 aromatic rings. The van der Waals surface area contributed by atoms with Crippen LogP contribution in [0.15, 0.2) is 41.1 Å². The lowest BCUT2D eigenvalue weighted by Gasteiger charge is -2.05. The summed E-state index contributed by atoms with van der Waals surface area (Å²) in [6, 6.07) is 6.97. The van der Waals surface area contributed by atoms with Crippen LogP contribution in [-0.2, 0) is 6.42 Å². The molecule has 0 fully saturated rings. The number of nitrogens with zero attached hydrogens (tertiary/aromatic N) is 1. The third-order valence-electron chi connectivity index (χ3n) is 2.26. The molecular formula is C12H12N2O3. The molecule has 0 saturated heterocycles. The Morgan fingerprint density at radius 1 is 1.47 bits per heavy atom. The second kappa shape index (κ2) is 5.16. The minimum Gasteiger partial charge on any atom is -0.477 e. The lowest BCUT2D eigenvalue weighted by molar-refractivity contribution is 0.0690. The van der Waals surface area contributed by atoms with Crippen molar-refractivity contribution in [1.29, 1.82) is 0 Å². The third-order valence-corrected chi connectivity index (χ3v) is 2.26. The van der Waals surface area contributed by atoms with E-state index in [0.717, 1.165) is 17.9 Å². The number of hydrogen-bond donors (Lipinski definition) is 2. The van der Waals surface area contributed by atoms with Crippen LogP contribution in [0.5, 0.6) is 0 Å². The molecule has 0 bridgehead atoms. The van der Waals surface area contributed by atoms with Crippen LogP contribution in [0.2, 0.25) is 0 Å². The van der Waals surface area contributed by atoms with Gasteiger partial charge in [0.1, 0.15) is 11.5 Å². The molecule has 17 heavy (non-hydrogen) atoms. The van der Waals surface area contributed by atoms with Crippen LogP contribution in [0, 0.1) is 0 Å². The number of nitrogens with one attached hydrogen (secondary N) is 1. The van der Waals surface area contributed by atoms with E-state index in [9.17, 15) is 4.79 Å². The Kier molecular flexibility index (Phi) is 3.40. The first-order valence-electron chi connectivity index (χ1n) is 5.21. The van der Waals surface area contributed by atoms with E-state index < -0.39 is 5.97 Å². The van der Waals surface area contributed by atoms with E-state index in [0.29, 0.717) is 6.54 Å². The summed E-state index contributed by atoms with van der Waals surface area (Å²) in [6.07, 6.45) is 3.85. The number of carbonyl (C=O) groups is 1. The molecule has 0 atom stereocenters. The molecule has 5 nitrogen and oxygen atoms in total. The van der Waals surface area contributed by atoms with E-state index in [1.165, 1.54) is 12.3 Å². The van der Waals surface area contributed by atoms with E-state index in [2.05, 4.69) is 10.3 Å². The van der Waals surface area contributed by atoms with Gasteiger partial charge < -0.3 is 14.8 Å². The predicted molar refractivity (Wildman–Crippen MR) is 62.1 cm³/mol. The highest BCUT2D eigenvalue weighted by Crippen LogP contribution is 2.08. The number of anilines is 1. The van der Waals surface area contributed by atoms with Gasteiger partial charge in [-0.3, -0.25) is 0 Å². The Hall–Kier alpha value is -2.30. The van der Waals surface area contributed by atoms with Crippen LogP contribution in [0.3, 0.4) is 0 Å². The maximum Gasteiger partial charge on any atom is 0.354 e. The molecule has 0 saturated carbocycles. The van der Waals surface area contributed by atoms with Crippen molar-refractivity contribution in [1.82, 2.24) is 4.98 Å². The maximum absolute atomic E-state index is 10.7. The smallest absolute Gasteiger partial charge is 0.354 e. The van der Waals surface area contributed by atoms with Crippen molar-refractivity contribution < 1.29 is 14.3 Å². The first-order chi connectivity index (χ1) is 8.25. The molecule has 2 heterocycles. The number of rotatable bonds is 5. The monoisotopic (exact) mass is 232 g/mol. The van der Waals surface area contributed by atoms with Gasteiger partial charge in [-0.05, 0) is 24.3 Å². The number of hydrogen-bond acceptors (Lipinski definition) is 4. The number of furan rings is 1. The van der Waals surface area contributed by atoms with Crippen molar-refractivity contribution in [3.05, 3.63) is 48.2 Å². The summed E-state index contributed by atoms with van der Waals surface area (Å²) in [5.74, 6) is -0.135. The van der Waals surface area contributed by atoms with Gasteiger partial charge in [0, 0.05) is 24.8 Å². The lowest BCUT2D eigenvalue weighted by atomic mass is 10.3. The second-order valence-electron chi connectivity index (χ2n) is 3.49. The van der Waals surface area contributed by atoms with Crippen molar-refractivity contribution in [2.45, 2.75) is 6.42 Å². The molecule has 0 radical (unpaired) electrons. The summed E-state index contributed by atoms with van der Waals surface area (Å²) in [7, 11) is 0. The summed E-state index contributed by atoms with van der Waals surface area (Å²) in [5.41, 5.74) is 0.775. The van der Waals surface area contributed by atoms with Gasteiger partial charge in [-0.25, -0.2) is 9.78 Å². The maximum atomic E-state index is 10.7. The van der Waals surface area contributed by atoms with Gasteiger partial charge in [0.2, 0.25) is 0 Å². The van der Waals surface area contributed by atoms with Crippen molar-refractivity contribution in [3.8, 4) is 0 Å². The Labute approximate surface area is 98.1 Å². The summed E-state index contributed by atoms with van der Waals surface area (Å²) >= 11 is 0. The van der Waals surface area contributed by atoms with E-state index in [1.807, 2.05) is 12.1 Å². The number of carboxylic acids is 1. The molecule has 0 aliphatic carbocycles. The number of pyridine rings is 1. The molecule has 0 spiro atoms. The summed E-state index contributed by atoms with van der Waals surface area (Å²) in [4.78, 5) is 14.4. The zero-order valence-corrected chi connectivity index (χ0v) is 9.09. The second-order valence-corrected chi connectivity index (χ2v) is 3.49. The van der Waals surface area contributed by atoms with Crippen molar-refractivity contribution in [3.63, 3.8) is 0 Å². The summed E-state index contributed by atoms with van der Waals surface area (Å²) < 4.78 is 5.19. The van der Waals surface area contributed by atoms with Crippen LogP contribution in [0.25, 0.3) is 0 Å².